The van der Waals surface area contributed by atoms with Crippen molar-refractivity contribution in [1.82, 2.24) is 4.98 Å². The van der Waals surface area contributed by atoms with Gasteiger partial charge in [0.25, 0.3) is 0 Å². The van der Waals surface area contributed by atoms with Crippen LogP contribution < -0.4 is 11.1 Å². The second-order valence-corrected chi connectivity index (χ2v) is 3.89. The maximum atomic E-state index is 11.4. The Bertz CT molecular complexity index is 343. The van der Waals surface area contributed by atoms with Crippen molar-refractivity contribution < 1.29 is 4.79 Å². The minimum Gasteiger partial charge on any atom is -0.330 e. The molecular weight excluding hydrogens is 214 g/mol. The van der Waals surface area contributed by atoms with Gasteiger partial charge in [0.05, 0.1) is 0 Å². The molecule has 3 N–H and O–H groups in total. The molecule has 1 rings (SSSR count). The van der Waals surface area contributed by atoms with Crippen molar-refractivity contribution in [2.75, 3.05) is 11.9 Å². The van der Waals surface area contributed by atoms with Gasteiger partial charge in [0.1, 0.15) is 5.82 Å². The summed E-state index contributed by atoms with van der Waals surface area (Å²) in [6.45, 7) is 2.42. The van der Waals surface area contributed by atoms with Crippen LogP contribution in [0.2, 0.25) is 5.02 Å². The van der Waals surface area contributed by atoms with Gasteiger partial charge >= 0.3 is 0 Å². The molecule has 1 unspecified atom stereocenters. The molecule has 0 saturated carbocycles. The van der Waals surface area contributed by atoms with Gasteiger partial charge in [0.15, 0.2) is 0 Å². The largest absolute Gasteiger partial charge is 0.330 e. The Balaban J connectivity index is 2.51. The van der Waals surface area contributed by atoms with Crippen LogP contribution in [0, 0.1) is 5.92 Å². The summed E-state index contributed by atoms with van der Waals surface area (Å²) in [5.41, 5.74) is 5.42. The minimum absolute atomic E-state index is 0.0947. The van der Waals surface area contributed by atoms with Crippen LogP contribution in [0.5, 0.6) is 0 Å². The molecule has 0 saturated heterocycles. The number of nitrogens with one attached hydrogen (secondary N) is 1. The van der Waals surface area contributed by atoms with E-state index in [1.54, 1.807) is 18.3 Å². The van der Waals surface area contributed by atoms with Crippen molar-refractivity contribution in [3.8, 4) is 0 Å². The average molecular weight is 228 g/mol. The number of carbonyl (C=O) groups excluding carboxylic acids is 1. The van der Waals surface area contributed by atoms with Crippen LogP contribution in [0.3, 0.4) is 0 Å². The van der Waals surface area contributed by atoms with Gasteiger partial charge in [-0.2, -0.15) is 0 Å². The summed E-state index contributed by atoms with van der Waals surface area (Å²) in [5.74, 6) is 0.545. The highest BCUT2D eigenvalue weighted by molar-refractivity contribution is 6.30. The Morgan fingerprint density at radius 1 is 1.73 bits per heavy atom. The Kier molecular flexibility index (Phi) is 4.52. The number of hydrogen-bond donors (Lipinski definition) is 2. The number of aromatic nitrogens is 1. The first-order valence-electron chi connectivity index (χ1n) is 4.73. The highest BCUT2D eigenvalue weighted by Gasteiger charge is 2.08. The molecule has 0 aromatic carbocycles. The highest BCUT2D eigenvalue weighted by atomic mass is 35.5. The van der Waals surface area contributed by atoms with Crippen LogP contribution in [-0.4, -0.2) is 17.4 Å². The van der Waals surface area contributed by atoms with Crippen molar-refractivity contribution in [1.29, 1.82) is 0 Å². The van der Waals surface area contributed by atoms with Crippen LogP contribution in [-0.2, 0) is 4.79 Å². The lowest BCUT2D eigenvalue weighted by atomic mass is 10.1. The molecule has 0 spiro atoms. The molecule has 4 nitrogen and oxygen atoms in total. The molecule has 0 aliphatic heterocycles. The van der Waals surface area contributed by atoms with E-state index in [1.807, 2.05) is 6.92 Å². The summed E-state index contributed by atoms with van der Waals surface area (Å²) in [5, 5.41) is 3.21. The molecule has 1 amide bonds. The zero-order valence-corrected chi connectivity index (χ0v) is 9.29. The van der Waals surface area contributed by atoms with E-state index in [-0.39, 0.29) is 11.8 Å². The Morgan fingerprint density at radius 2 is 2.47 bits per heavy atom. The van der Waals surface area contributed by atoms with Crippen molar-refractivity contribution in [3.63, 3.8) is 0 Å². The zero-order chi connectivity index (χ0) is 11.3. The number of nitrogens with two attached hydrogens (primary N) is 1. The molecule has 1 heterocycles. The Labute approximate surface area is 93.8 Å². The molecule has 1 aromatic rings. The molecule has 0 radical (unpaired) electrons. The van der Waals surface area contributed by atoms with E-state index in [1.165, 1.54) is 0 Å². The molecule has 1 aromatic heterocycles. The topological polar surface area (TPSA) is 68.0 Å². The molecule has 82 valence electrons. The second kappa shape index (κ2) is 5.68. The summed E-state index contributed by atoms with van der Waals surface area (Å²) in [6, 6.07) is 3.26. The third kappa shape index (κ3) is 4.27. The fourth-order valence-electron chi connectivity index (χ4n) is 1.07. The second-order valence-electron chi connectivity index (χ2n) is 3.45. The lowest BCUT2D eigenvalue weighted by molar-refractivity contribution is -0.116. The summed E-state index contributed by atoms with van der Waals surface area (Å²) >= 11 is 5.75. The normalized spacial score (nSPS) is 12.2. The summed E-state index contributed by atoms with van der Waals surface area (Å²) in [4.78, 5) is 15.4. The molecule has 5 heteroatoms. The monoisotopic (exact) mass is 227 g/mol. The maximum Gasteiger partial charge on any atom is 0.225 e. The van der Waals surface area contributed by atoms with E-state index in [0.717, 1.165) is 0 Å². The molecule has 0 aliphatic carbocycles. The maximum absolute atomic E-state index is 11.4. The Hall–Kier alpha value is -1.13. The van der Waals surface area contributed by atoms with Gasteiger partial charge in [-0.25, -0.2) is 4.98 Å². The summed E-state index contributed by atoms with van der Waals surface area (Å²) in [6.07, 6.45) is 1.94. The number of rotatable bonds is 4. The van der Waals surface area contributed by atoms with Crippen LogP contribution in [0.25, 0.3) is 0 Å². The lowest BCUT2D eigenvalue weighted by Gasteiger charge is -2.08. The van der Waals surface area contributed by atoms with E-state index >= 15 is 0 Å². The van der Waals surface area contributed by atoms with E-state index in [4.69, 9.17) is 17.3 Å². The quantitative estimate of drug-likeness (QED) is 0.822. The fourth-order valence-corrected chi connectivity index (χ4v) is 1.23. The smallest absolute Gasteiger partial charge is 0.225 e. The molecular formula is C10H14ClN3O. The first-order chi connectivity index (χ1) is 7.11. The Morgan fingerprint density at radius 3 is 3.07 bits per heavy atom. The number of carbonyl (C=O) groups is 1. The van der Waals surface area contributed by atoms with Gasteiger partial charge in [-0.1, -0.05) is 18.5 Å². The molecule has 15 heavy (non-hydrogen) atoms. The lowest BCUT2D eigenvalue weighted by Crippen LogP contribution is -2.20. The van der Waals surface area contributed by atoms with Gasteiger partial charge in [-0.15, -0.1) is 0 Å². The van der Waals surface area contributed by atoms with Crippen molar-refractivity contribution in [2.45, 2.75) is 13.3 Å². The number of anilines is 1. The van der Waals surface area contributed by atoms with Gasteiger partial charge in [0.2, 0.25) is 5.91 Å². The van der Waals surface area contributed by atoms with Crippen LogP contribution in [0.1, 0.15) is 13.3 Å². The zero-order valence-electron chi connectivity index (χ0n) is 8.53. The number of pyridine rings is 1. The molecule has 1 atom stereocenters. The molecule has 0 bridgehead atoms. The van der Waals surface area contributed by atoms with Crippen LogP contribution >= 0.6 is 11.6 Å². The van der Waals surface area contributed by atoms with Gasteiger partial charge in [0, 0.05) is 17.6 Å². The van der Waals surface area contributed by atoms with E-state index in [9.17, 15) is 4.79 Å². The standard InChI is InChI=1S/C10H14ClN3O/c1-7(6-12)4-10(15)14-9-5-8(11)2-3-13-9/h2-3,5,7H,4,6,12H2,1H3,(H,13,14,15). The van der Waals surface area contributed by atoms with Crippen molar-refractivity contribution in [2.24, 2.45) is 11.7 Å². The SMILES string of the molecule is CC(CN)CC(=O)Nc1cc(Cl)ccn1. The van der Waals surface area contributed by atoms with Gasteiger partial charge in [-0.3, -0.25) is 4.79 Å². The van der Waals surface area contributed by atoms with Gasteiger partial charge < -0.3 is 11.1 Å². The third-order valence-corrected chi connectivity index (χ3v) is 2.16. The van der Waals surface area contributed by atoms with Gasteiger partial charge in [-0.05, 0) is 24.6 Å². The molecule has 0 aliphatic rings. The van der Waals surface area contributed by atoms with Crippen LogP contribution in [0.4, 0.5) is 5.82 Å². The van der Waals surface area contributed by atoms with E-state index in [2.05, 4.69) is 10.3 Å². The van der Waals surface area contributed by atoms with Crippen molar-refractivity contribution in [3.05, 3.63) is 23.4 Å². The minimum atomic E-state index is -0.0947. The number of amides is 1. The average Bonchev–Trinajstić information content (AvgIpc) is 2.17. The van der Waals surface area contributed by atoms with Crippen molar-refractivity contribution >= 4 is 23.3 Å². The summed E-state index contributed by atoms with van der Waals surface area (Å²) < 4.78 is 0. The molecule has 0 fully saturated rings. The number of nitrogens with zero attached hydrogens (tertiary/aromatic N) is 1. The first kappa shape index (κ1) is 11.9. The van der Waals surface area contributed by atoms with E-state index in [0.29, 0.717) is 23.8 Å². The summed E-state index contributed by atoms with van der Waals surface area (Å²) in [7, 11) is 0. The number of halogens is 1. The predicted octanol–water partition coefficient (Wildman–Crippen LogP) is 1.66. The first-order valence-corrected chi connectivity index (χ1v) is 5.11. The highest BCUT2D eigenvalue weighted by Crippen LogP contribution is 2.12. The third-order valence-electron chi connectivity index (χ3n) is 1.93. The fraction of sp³-hybridized carbons (Fsp3) is 0.400. The number of hydrogen-bond acceptors (Lipinski definition) is 3. The predicted molar refractivity (Wildman–Crippen MR) is 60.7 cm³/mol. The van der Waals surface area contributed by atoms with Crippen LogP contribution in [0.15, 0.2) is 18.3 Å². The van der Waals surface area contributed by atoms with E-state index < -0.39 is 0 Å².